The summed E-state index contributed by atoms with van der Waals surface area (Å²) in [5, 5.41) is 3.43. The van der Waals surface area contributed by atoms with Crippen LogP contribution in [0.1, 0.15) is 26.2 Å². The highest BCUT2D eigenvalue weighted by Crippen LogP contribution is 2.34. The summed E-state index contributed by atoms with van der Waals surface area (Å²) in [6, 6.07) is 8.56. The number of likely N-dealkylation sites (tertiary alicyclic amines) is 1. The van der Waals surface area contributed by atoms with Crippen LogP contribution in [0, 0.1) is 0 Å². The first-order valence-electron chi connectivity index (χ1n) is 7.19. The molecule has 2 fully saturated rings. The van der Waals surface area contributed by atoms with Crippen LogP contribution < -0.4 is 10.1 Å². The summed E-state index contributed by atoms with van der Waals surface area (Å²) in [5.41, 5.74) is 0.845. The lowest BCUT2D eigenvalue weighted by molar-refractivity contribution is -0.0498. The Labute approximate surface area is 117 Å². The molecular formula is C15H20F2N2O. The molecule has 2 aliphatic rings. The van der Waals surface area contributed by atoms with Crippen LogP contribution in [-0.2, 0) is 0 Å². The molecule has 1 heterocycles. The summed E-state index contributed by atoms with van der Waals surface area (Å²) in [6.45, 7) is 0.518. The van der Waals surface area contributed by atoms with Crippen molar-refractivity contribution in [2.24, 2.45) is 0 Å². The highest BCUT2D eigenvalue weighted by molar-refractivity contribution is 5.49. The first kappa shape index (κ1) is 13.6. The van der Waals surface area contributed by atoms with Crippen LogP contribution in [0.15, 0.2) is 24.3 Å². The fourth-order valence-electron chi connectivity index (χ4n) is 3.07. The van der Waals surface area contributed by atoms with Crippen LogP contribution >= 0.6 is 0 Å². The fraction of sp³-hybridized carbons (Fsp3) is 0.600. The Kier molecular flexibility index (Phi) is 3.78. The molecule has 3 nitrogen and oxygen atoms in total. The molecule has 110 valence electrons. The molecule has 1 saturated heterocycles. The monoisotopic (exact) mass is 282 g/mol. The van der Waals surface area contributed by atoms with E-state index in [1.165, 1.54) is 12.8 Å². The Morgan fingerprint density at radius 2 is 2.15 bits per heavy atom. The van der Waals surface area contributed by atoms with Crippen LogP contribution in [0.2, 0.25) is 0 Å². The SMILES string of the molecule is CC1CC(Nc2cccc(OC(F)F)c2)CN1C1CC1. The Balaban J connectivity index is 1.60. The molecule has 1 saturated carbocycles. The first-order valence-corrected chi connectivity index (χ1v) is 7.19. The minimum absolute atomic E-state index is 0.204. The van der Waals surface area contributed by atoms with Gasteiger partial charge in [0, 0.05) is 36.4 Å². The van der Waals surface area contributed by atoms with Gasteiger partial charge in [-0.3, -0.25) is 4.90 Å². The second kappa shape index (κ2) is 5.56. The van der Waals surface area contributed by atoms with E-state index in [1.54, 1.807) is 18.2 Å². The standard InChI is InChI=1S/C15H20F2N2O/c1-10-7-12(9-19(10)13-5-6-13)18-11-3-2-4-14(8-11)20-15(16)17/h2-4,8,10,12-13,15,18H,5-7,9H2,1H3. The average molecular weight is 282 g/mol. The molecule has 1 N–H and O–H groups in total. The molecule has 2 atom stereocenters. The van der Waals surface area contributed by atoms with E-state index in [0.29, 0.717) is 12.1 Å². The third kappa shape index (κ3) is 3.20. The van der Waals surface area contributed by atoms with Gasteiger partial charge in [0.15, 0.2) is 0 Å². The van der Waals surface area contributed by atoms with Gasteiger partial charge in [0.1, 0.15) is 5.75 Å². The molecule has 0 radical (unpaired) electrons. The second-order valence-corrected chi connectivity index (χ2v) is 5.76. The van der Waals surface area contributed by atoms with Crippen molar-refractivity contribution in [3.05, 3.63) is 24.3 Å². The van der Waals surface area contributed by atoms with Crippen molar-refractivity contribution in [3.63, 3.8) is 0 Å². The van der Waals surface area contributed by atoms with Crippen molar-refractivity contribution >= 4 is 5.69 Å². The normalized spacial score (nSPS) is 27.0. The maximum atomic E-state index is 12.2. The number of nitrogens with one attached hydrogen (secondary N) is 1. The molecule has 0 spiro atoms. The molecule has 0 aromatic heterocycles. The van der Waals surface area contributed by atoms with Crippen molar-refractivity contribution in [1.82, 2.24) is 4.90 Å². The van der Waals surface area contributed by atoms with Crippen molar-refractivity contribution in [3.8, 4) is 5.75 Å². The van der Waals surface area contributed by atoms with E-state index < -0.39 is 6.61 Å². The van der Waals surface area contributed by atoms with Crippen molar-refractivity contribution in [1.29, 1.82) is 0 Å². The van der Waals surface area contributed by atoms with Crippen molar-refractivity contribution in [2.45, 2.75) is 50.9 Å². The molecule has 3 rings (SSSR count). The summed E-state index contributed by atoms with van der Waals surface area (Å²) < 4.78 is 28.8. The zero-order valence-electron chi connectivity index (χ0n) is 11.6. The zero-order valence-corrected chi connectivity index (χ0v) is 11.6. The van der Waals surface area contributed by atoms with E-state index in [-0.39, 0.29) is 5.75 Å². The number of hydrogen-bond acceptors (Lipinski definition) is 3. The number of halogens is 2. The molecule has 0 amide bonds. The summed E-state index contributed by atoms with van der Waals surface area (Å²) in [4.78, 5) is 2.55. The summed E-state index contributed by atoms with van der Waals surface area (Å²) in [6.07, 6.45) is 3.72. The number of alkyl halides is 2. The number of anilines is 1. The Morgan fingerprint density at radius 3 is 2.85 bits per heavy atom. The number of ether oxygens (including phenoxy) is 1. The maximum absolute atomic E-state index is 12.2. The Morgan fingerprint density at radius 1 is 1.35 bits per heavy atom. The van der Waals surface area contributed by atoms with E-state index in [4.69, 9.17) is 0 Å². The molecular weight excluding hydrogens is 262 g/mol. The predicted octanol–water partition coefficient (Wildman–Crippen LogP) is 3.33. The molecule has 1 aromatic carbocycles. The molecule has 1 aromatic rings. The number of rotatable bonds is 5. The number of nitrogens with zero attached hydrogens (tertiary/aromatic N) is 1. The van der Waals surface area contributed by atoms with Crippen LogP contribution in [0.25, 0.3) is 0 Å². The summed E-state index contributed by atoms with van der Waals surface area (Å²) in [7, 11) is 0. The van der Waals surface area contributed by atoms with Crippen molar-refractivity contribution < 1.29 is 13.5 Å². The maximum Gasteiger partial charge on any atom is 0.387 e. The Hall–Kier alpha value is -1.36. The van der Waals surface area contributed by atoms with Crippen molar-refractivity contribution in [2.75, 3.05) is 11.9 Å². The highest BCUT2D eigenvalue weighted by atomic mass is 19.3. The van der Waals surface area contributed by atoms with Gasteiger partial charge in [-0.25, -0.2) is 0 Å². The Bertz CT molecular complexity index is 465. The molecule has 1 aliphatic heterocycles. The van der Waals surface area contributed by atoms with Gasteiger partial charge < -0.3 is 10.1 Å². The highest BCUT2D eigenvalue weighted by Gasteiger charge is 2.38. The third-order valence-electron chi connectivity index (χ3n) is 4.07. The van der Waals surface area contributed by atoms with Gasteiger partial charge in [-0.15, -0.1) is 0 Å². The van der Waals surface area contributed by atoms with E-state index in [0.717, 1.165) is 24.7 Å². The van der Waals surface area contributed by atoms with Crippen LogP contribution in [0.3, 0.4) is 0 Å². The largest absolute Gasteiger partial charge is 0.435 e. The van der Waals surface area contributed by atoms with Gasteiger partial charge in [0.05, 0.1) is 0 Å². The molecule has 1 aliphatic carbocycles. The van der Waals surface area contributed by atoms with E-state index >= 15 is 0 Å². The lowest BCUT2D eigenvalue weighted by Gasteiger charge is -2.20. The fourth-order valence-corrected chi connectivity index (χ4v) is 3.07. The molecule has 0 bridgehead atoms. The van der Waals surface area contributed by atoms with Gasteiger partial charge in [-0.1, -0.05) is 6.07 Å². The zero-order chi connectivity index (χ0) is 14.1. The minimum Gasteiger partial charge on any atom is -0.435 e. The lowest BCUT2D eigenvalue weighted by Crippen LogP contribution is -2.31. The topological polar surface area (TPSA) is 24.5 Å². The van der Waals surface area contributed by atoms with Gasteiger partial charge >= 0.3 is 6.61 Å². The van der Waals surface area contributed by atoms with Gasteiger partial charge in [0.25, 0.3) is 0 Å². The molecule has 2 unspecified atom stereocenters. The van der Waals surface area contributed by atoms with Crippen LogP contribution in [-0.4, -0.2) is 36.2 Å². The van der Waals surface area contributed by atoms with Crippen LogP contribution in [0.4, 0.5) is 14.5 Å². The van der Waals surface area contributed by atoms with Gasteiger partial charge in [-0.05, 0) is 38.3 Å². The van der Waals surface area contributed by atoms with E-state index in [9.17, 15) is 8.78 Å². The van der Waals surface area contributed by atoms with E-state index in [1.807, 2.05) is 6.07 Å². The van der Waals surface area contributed by atoms with Gasteiger partial charge in [0.2, 0.25) is 0 Å². The number of benzene rings is 1. The third-order valence-corrected chi connectivity index (χ3v) is 4.07. The lowest BCUT2D eigenvalue weighted by atomic mass is 10.2. The first-order chi connectivity index (χ1) is 9.61. The quantitative estimate of drug-likeness (QED) is 0.896. The van der Waals surface area contributed by atoms with Crippen LogP contribution in [0.5, 0.6) is 5.75 Å². The molecule has 20 heavy (non-hydrogen) atoms. The predicted molar refractivity (Wildman–Crippen MR) is 74.3 cm³/mol. The summed E-state index contributed by atoms with van der Waals surface area (Å²) >= 11 is 0. The average Bonchev–Trinajstić information content (AvgIpc) is 3.14. The minimum atomic E-state index is -2.78. The molecule has 5 heteroatoms. The second-order valence-electron chi connectivity index (χ2n) is 5.76. The number of hydrogen-bond donors (Lipinski definition) is 1. The van der Waals surface area contributed by atoms with Gasteiger partial charge in [-0.2, -0.15) is 8.78 Å². The smallest absolute Gasteiger partial charge is 0.387 e. The summed E-state index contributed by atoms with van der Waals surface area (Å²) in [5.74, 6) is 0.204. The van der Waals surface area contributed by atoms with E-state index in [2.05, 4.69) is 21.9 Å².